The number of hydrogen-bond acceptors (Lipinski definition) is 14. The van der Waals surface area contributed by atoms with Gasteiger partial charge in [-0.3, -0.25) is 24.0 Å². The fourth-order valence-electron chi connectivity index (χ4n) is 3.64. The van der Waals surface area contributed by atoms with Crippen LogP contribution in [0.2, 0.25) is 0 Å². The molecule has 5 atom stereocenters. The number of esters is 4. The van der Waals surface area contributed by atoms with Crippen LogP contribution < -0.4 is 9.47 Å². The molecule has 1 aliphatic heterocycles. The van der Waals surface area contributed by atoms with Crippen LogP contribution in [0.3, 0.4) is 0 Å². The minimum Gasteiger partial charge on any atom is -0.507 e. The number of rotatable bonds is 11. The van der Waals surface area contributed by atoms with Gasteiger partial charge in [0.25, 0.3) is 0 Å². The molecule has 0 radical (unpaired) electrons. The van der Waals surface area contributed by atoms with Gasteiger partial charge in [0, 0.05) is 46.9 Å². The SMILES string of the molecule is COCOc1cc(O)c(C(C)=O)c(O[C@@H]2O[C@H](COC(C)=O)[C@@H](OC(C)=O)[C@H](OC(C)=O)[C@H]2OC(C)=O)c1. The zero-order chi connectivity index (χ0) is 28.6. The Balaban J connectivity index is 2.61. The molecule has 0 bridgehead atoms. The lowest BCUT2D eigenvalue weighted by molar-refractivity contribution is -0.288. The Bertz CT molecular complexity index is 1050. The Morgan fingerprint density at radius 2 is 1.42 bits per heavy atom. The standard InChI is InChI=1S/C24H30O14/c1-11(25)20-17(30)7-16(33-10-31-6)8-18(20)37-24-23(36-15(5)29)22(35-14(4)28)21(34-13(3)27)19(38-24)9-32-12(2)26/h7-8,19,21-24,30H,9-10H2,1-6H3/t19-,21-,22+,23-,24-/m1/s1. The highest BCUT2D eigenvalue weighted by Gasteiger charge is 2.53. The van der Waals surface area contributed by atoms with E-state index in [1.165, 1.54) is 20.1 Å². The van der Waals surface area contributed by atoms with Crippen molar-refractivity contribution in [1.82, 2.24) is 0 Å². The second-order valence-corrected chi connectivity index (χ2v) is 8.11. The molecule has 0 saturated carbocycles. The zero-order valence-electron chi connectivity index (χ0n) is 21.7. The third-order valence-corrected chi connectivity index (χ3v) is 4.94. The summed E-state index contributed by atoms with van der Waals surface area (Å²) < 4.78 is 42.9. The number of carbonyl (C=O) groups is 5. The molecule has 1 aromatic rings. The first-order valence-electron chi connectivity index (χ1n) is 11.3. The van der Waals surface area contributed by atoms with Crippen LogP contribution in [0.1, 0.15) is 45.0 Å². The lowest BCUT2D eigenvalue weighted by atomic mass is 9.98. The van der Waals surface area contributed by atoms with Crippen LogP contribution >= 0.6 is 0 Å². The maximum Gasteiger partial charge on any atom is 0.303 e. The maximum atomic E-state index is 12.3. The first kappa shape index (κ1) is 30.3. The normalized spacial score (nSPS) is 22.5. The van der Waals surface area contributed by atoms with Crippen molar-refractivity contribution < 1.29 is 67.0 Å². The topological polar surface area (TPSA) is 179 Å². The predicted octanol–water partition coefficient (Wildman–Crippen LogP) is 1.04. The van der Waals surface area contributed by atoms with E-state index in [0.29, 0.717) is 0 Å². The number of phenols is 1. The van der Waals surface area contributed by atoms with Gasteiger partial charge in [-0.05, 0) is 6.92 Å². The molecule has 1 aliphatic rings. The molecule has 0 aliphatic carbocycles. The van der Waals surface area contributed by atoms with E-state index in [1.54, 1.807) is 0 Å². The van der Waals surface area contributed by atoms with Crippen molar-refractivity contribution in [1.29, 1.82) is 0 Å². The number of hydrogen-bond donors (Lipinski definition) is 1. The minimum absolute atomic E-state index is 0.0509. The molecule has 2 rings (SSSR count). The van der Waals surface area contributed by atoms with Gasteiger partial charge in [-0.25, -0.2) is 0 Å². The van der Waals surface area contributed by atoms with E-state index >= 15 is 0 Å². The fourth-order valence-corrected chi connectivity index (χ4v) is 3.64. The van der Waals surface area contributed by atoms with Gasteiger partial charge in [0.15, 0.2) is 24.8 Å². The number of carbonyl (C=O) groups excluding carboxylic acids is 5. The molecule has 0 amide bonds. The first-order valence-corrected chi connectivity index (χ1v) is 11.3. The summed E-state index contributed by atoms with van der Waals surface area (Å²) in [7, 11) is 1.37. The number of phenolic OH excluding ortho intramolecular Hbond substituents is 1. The van der Waals surface area contributed by atoms with Crippen LogP contribution in [-0.4, -0.2) is 86.0 Å². The molecule has 210 valence electrons. The second kappa shape index (κ2) is 13.6. The van der Waals surface area contributed by atoms with Crippen molar-refractivity contribution in [2.24, 2.45) is 0 Å². The minimum atomic E-state index is -1.62. The summed E-state index contributed by atoms with van der Waals surface area (Å²) in [6, 6.07) is 2.42. The summed E-state index contributed by atoms with van der Waals surface area (Å²) in [5.74, 6) is -4.43. The van der Waals surface area contributed by atoms with Crippen molar-refractivity contribution in [2.75, 3.05) is 20.5 Å². The Morgan fingerprint density at radius 3 is 1.95 bits per heavy atom. The highest BCUT2D eigenvalue weighted by atomic mass is 16.7. The third-order valence-electron chi connectivity index (χ3n) is 4.94. The van der Waals surface area contributed by atoms with E-state index in [0.717, 1.165) is 33.8 Å². The smallest absolute Gasteiger partial charge is 0.303 e. The zero-order valence-corrected chi connectivity index (χ0v) is 21.7. The third kappa shape index (κ3) is 8.31. The van der Waals surface area contributed by atoms with Crippen molar-refractivity contribution in [3.8, 4) is 17.2 Å². The number of methoxy groups -OCH3 is 1. The Morgan fingerprint density at radius 1 is 0.842 bits per heavy atom. The van der Waals surface area contributed by atoms with Crippen LogP contribution in [0.25, 0.3) is 0 Å². The summed E-state index contributed by atoms with van der Waals surface area (Å²) >= 11 is 0. The largest absolute Gasteiger partial charge is 0.507 e. The molecule has 1 fully saturated rings. The summed E-state index contributed by atoms with van der Waals surface area (Å²) in [6.07, 6.45) is -7.31. The summed E-state index contributed by atoms with van der Waals surface area (Å²) in [4.78, 5) is 59.6. The predicted molar refractivity (Wildman–Crippen MR) is 123 cm³/mol. The van der Waals surface area contributed by atoms with Gasteiger partial charge in [0.1, 0.15) is 35.5 Å². The molecule has 0 spiro atoms. The summed E-state index contributed by atoms with van der Waals surface area (Å²) in [5, 5.41) is 10.5. The van der Waals surface area contributed by atoms with Gasteiger partial charge in [0.05, 0.1) is 0 Å². The summed E-state index contributed by atoms with van der Waals surface area (Å²) in [6.45, 7) is 4.87. The fraction of sp³-hybridized carbons (Fsp3) is 0.542. The molecule has 1 saturated heterocycles. The first-order chi connectivity index (χ1) is 17.8. The van der Waals surface area contributed by atoms with Crippen LogP contribution in [-0.2, 0) is 47.6 Å². The average molecular weight is 542 g/mol. The van der Waals surface area contributed by atoms with Gasteiger partial charge < -0.3 is 43.0 Å². The molecule has 1 N–H and O–H groups in total. The Kier molecular flexibility index (Phi) is 10.8. The van der Waals surface area contributed by atoms with E-state index in [1.807, 2.05) is 0 Å². The van der Waals surface area contributed by atoms with E-state index in [-0.39, 0.29) is 23.9 Å². The van der Waals surface area contributed by atoms with Gasteiger partial charge in [-0.15, -0.1) is 0 Å². The van der Waals surface area contributed by atoms with Crippen LogP contribution in [0.15, 0.2) is 12.1 Å². The quantitative estimate of drug-likeness (QED) is 0.181. The van der Waals surface area contributed by atoms with Crippen molar-refractivity contribution in [3.05, 3.63) is 17.7 Å². The number of ether oxygens (including phenoxy) is 8. The average Bonchev–Trinajstić information content (AvgIpc) is 2.78. The second-order valence-electron chi connectivity index (χ2n) is 8.11. The lowest BCUT2D eigenvalue weighted by Gasteiger charge is -2.44. The molecule has 0 unspecified atom stereocenters. The van der Waals surface area contributed by atoms with E-state index in [9.17, 15) is 29.1 Å². The van der Waals surface area contributed by atoms with E-state index in [2.05, 4.69) is 0 Å². The number of benzene rings is 1. The van der Waals surface area contributed by atoms with Crippen molar-refractivity contribution in [2.45, 2.75) is 65.3 Å². The van der Waals surface area contributed by atoms with E-state index < -0.39 is 72.7 Å². The van der Waals surface area contributed by atoms with Gasteiger partial charge >= 0.3 is 23.9 Å². The van der Waals surface area contributed by atoms with Gasteiger partial charge in [-0.2, -0.15) is 0 Å². The molecule has 1 heterocycles. The Labute approximate surface area is 218 Å². The van der Waals surface area contributed by atoms with Crippen molar-refractivity contribution in [3.63, 3.8) is 0 Å². The molecule has 1 aromatic carbocycles. The highest BCUT2D eigenvalue weighted by Crippen LogP contribution is 2.37. The van der Waals surface area contributed by atoms with Crippen molar-refractivity contribution >= 4 is 29.7 Å². The van der Waals surface area contributed by atoms with Gasteiger partial charge in [0.2, 0.25) is 12.4 Å². The molecular formula is C24H30O14. The number of aromatic hydroxyl groups is 1. The maximum absolute atomic E-state index is 12.3. The monoisotopic (exact) mass is 542 g/mol. The number of ketones is 1. The molecule has 14 heteroatoms. The molecule has 0 aromatic heterocycles. The number of Topliss-reactive ketones (excluding diaryl/α,β-unsaturated/α-hetero) is 1. The van der Waals surface area contributed by atoms with E-state index in [4.69, 9.17) is 37.9 Å². The lowest BCUT2D eigenvalue weighted by Crippen LogP contribution is -2.63. The van der Waals surface area contributed by atoms with Gasteiger partial charge in [-0.1, -0.05) is 0 Å². The highest BCUT2D eigenvalue weighted by molar-refractivity contribution is 5.99. The molecular weight excluding hydrogens is 512 g/mol. The van der Waals surface area contributed by atoms with Crippen LogP contribution in [0.5, 0.6) is 17.2 Å². The molecule has 38 heavy (non-hydrogen) atoms. The van der Waals surface area contributed by atoms with Crippen LogP contribution in [0.4, 0.5) is 0 Å². The molecule has 14 nitrogen and oxygen atoms in total. The Hall–Kier alpha value is -3.91. The van der Waals surface area contributed by atoms with Crippen LogP contribution in [0, 0.1) is 0 Å². The summed E-state index contributed by atoms with van der Waals surface area (Å²) in [5.41, 5.74) is -0.261.